The average molecular weight is 258 g/mol. The number of halogens is 3. The van der Waals surface area contributed by atoms with Crippen LogP contribution in [0, 0.1) is 17.5 Å². The van der Waals surface area contributed by atoms with Crippen LogP contribution in [0.2, 0.25) is 0 Å². The molecule has 17 heavy (non-hydrogen) atoms. The summed E-state index contributed by atoms with van der Waals surface area (Å²) in [5.41, 5.74) is 1.08. The zero-order valence-corrected chi connectivity index (χ0v) is 9.02. The van der Waals surface area contributed by atoms with Crippen LogP contribution < -0.4 is 5.32 Å². The molecule has 0 unspecified atom stereocenters. The van der Waals surface area contributed by atoms with E-state index in [1.165, 1.54) is 22.2 Å². The molecule has 0 radical (unpaired) electrons. The maximum absolute atomic E-state index is 13.2. The number of carbonyl (C=O) groups excluding carboxylic acids is 1. The molecule has 0 bridgehead atoms. The lowest BCUT2D eigenvalue weighted by Gasteiger charge is -2.05. The fraction of sp³-hybridized carbons (Fsp3) is 0. The lowest BCUT2D eigenvalue weighted by Crippen LogP contribution is -2.13. The molecule has 1 aromatic carbocycles. The molecule has 2 rings (SSSR count). The van der Waals surface area contributed by atoms with Crippen molar-refractivity contribution in [3.8, 4) is 0 Å². The van der Waals surface area contributed by atoms with E-state index in [0.29, 0.717) is 12.1 Å². The van der Waals surface area contributed by atoms with Gasteiger partial charge in [0, 0.05) is 17.5 Å². The van der Waals surface area contributed by atoms with E-state index >= 15 is 0 Å². The Balaban J connectivity index is 2.25. The summed E-state index contributed by atoms with van der Waals surface area (Å²) in [5, 5.41) is 3.56. The maximum atomic E-state index is 13.2. The SMILES string of the molecule is O=C(Nc1cc(F)c(F)cc1F)c1cscn1. The highest BCUT2D eigenvalue weighted by atomic mass is 32.1. The number of amides is 1. The largest absolute Gasteiger partial charge is 0.318 e. The van der Waals surface area contributed by atoms with E-state index < -0.39 is 29.0 Å². The summed E-state index contributed by atoms with van der Waals surface area (Å²) in [6, 6.07) is 0.945. The summed E-state index contributed by atoms with van der Waals surface area (Å²) in [4.78, 5) is 15.2. The third-order valence-corrected chi connectivity index (χ3v) is 2.51. The van der Waals surface area contributed by atoms with Gasteiger partial charge in [-0.25, -0.2) is 18.2 Å². The van der Waals surface area contributed by atoms with Crippen molar-refractivity contribution in [3.05, 3.63) is 46.2 Å². The van der Waals surface area contributed by atoms with Crippen LogP contribution in [0.4, 0.5) is 18.9 Å². The number of carbonyl (C=O) groups is 1. The van der Waals surface area contributed by atoms with E-state index in [1.807, 2.05) is 0 Å². The zero-order chi connectivity index (χ0) is 12.4. The van der Waals surface area contributed by atoms with Crippen molar-refractivity contribution in [1.29, 1.82) is 0 Å². The third kappa shape index (κ3) is 2.44. The predicted octanol–water partition coefficient (Wildman–Crippen LogP) is 2.81. The first kappa shape index (κ1) is 11.6. The number of rotatable bonds is 2. The molecule has 1 amide bonds. The van der Waals surface area contributed by atoms with Gasteiger partial charge in [0.05, 0.1) is 11.2 Å². The molecule has 1 N–H and O–H groups in total. The first-order valence-electron chi connectivity index (χ1n) is 4.42. The third-order valence-electron chi connectivity index (χ3n) is 1.92. The molecule has 0 spiro atoms. The smallest absolute Gasteiger partial charge is 0.275 e. The highest BCUT2D eigenvalue weighted by Gasteiger charge is 2.14. The highest BCUT2D eigenvalue weighted by molar-refractivity contribution is 7.07. The van der Waals surface area contributed by atoms with Crippen LogP contribution in [-0.4, -0.2) is 10.9 Å². The van der Waals surface area contributed by atoms with Gasteiger partial charge >= 0.3 is 0 Å². The van der Waals surface area contributed by atoms with Crippen molar-refractivity contribution in [2.24, 2.45) is 0 Å². The first-order chi connectivity index (χ1) is 8.08. The van der Waals surface area contributed by atoms with Gasteiger partial charge in [-0.2, -0.15) is 0 Å². The predicted molar refractivity (Wildman–Crippen MR) is 56.4 cm³/mol. The van der Waals surface area contributed by atoms with Crippen LogP contribution in [0.3, 0.4) is 0 Å². The molecular weight excluding hydrogens is 253 g/mol. The van der Waals surface area contributed by atoms with Crippen molar-refractivity contribution in [1.82, 2.24) is 4.98 Å². The normalized spacial score (nSPS) is 10.3. The van der Waals surface area contributed by atoms with Crippen molar-refractivity contribution in [2.45, 2.75) is 0 Å². The fourth-order valence-electron chi connectivity index (χ4n) is 1.13. The summed E-state index contributed by atoms with van der Waals surface area (Å²) >= 11 is 1.19. The minimum absolute atomic E-state index is 0.0825. The molecular formula is C10H5F3N2OS. The Hall–Kier alpha value is -1.89. The van der Waals surface area contributed by atoms with Crippen molar-refractivity contribution < 1.29 is 18.0 Å². The summed E-state index contributed by atoms with van der Waals surface area (Å²) in [6.07, 6.45) is 0. The molecule has 7 heteroatoms. The van der Waals surface area contributed by atoms with E-state index in [2.05, 4.69) is 10.3 Å². The maximum Gasteiger partial charge on any atom is 0.275 e. The summed E-state index contributed by atoms with van der Waals surface area (Å²) in [5.74, 6) is -4.28. The highest BCUT2D eigenvalue weighted by Crippen LogP contribution is 2.19. The van der Waals surface area contributed by atoms with Crippen molar-refractivity contribution in [2.75, 3.05) is 5.32 Å². The van der Waals surface area contributed by atoms with E-state index in [0.717, 1.165) is 0 Å². The lowest BCUT2D eigenvalue weighted by molar-refractivity contribution is 0.102. The molecule has 0 aliphatic rings. The van der Waals surface area contributed by atoms with Gasteiger partial charge in [-0.3, -0.25) is 4.79 Å². The standard InChI is InChI=1S/C10H5F3N2OS/c11-5-1-7(13)8(2-6(5)12)15-10(16)9-3-17-4-14-9/h1-4H,(H,15,16). The Bertz CT molecular complexity index is 557. The molecule has 0 saturated heterocycles. The minimum Gasteiger partial charge on any atom is -0.318 e. The van der Waals surface area contributed by atoms with Crippen LogP contribution in [0.15, 0.2) is 23.0 Å². The number of anilines is 1. The fourth-order valence-corrected chi connectivity index (χ4v) is 1.66. The molecule has 0 saturated carbocycles. The Morgan fingerprint density at radius 3 is 2.53 bits per heavy atom. The zero-order valence-electron chi connectivity index (χ0n) is 8.21. The van der Waals surface area contributed by atoms with Gasteiger partial charge in [0.2, 0.25) is 0 Å². The van der Waals surface area contributed by atoms with Gasteiger partial charge in [-0.1, -0.05) is 0 Å². The van der Waals surface area contributed by atoms with Gasteiger partial charge in [-0.05, 0) is 0 Å². The van der Waals surface area contributed by atoms with Crippen molar-refractivity contribution >= 4 is 22.9 Å². The monoisotopic (exact) mass is 258 g/mol. The Labute approximate surface area is 97.9 Å². The average Bonchev–Trinajstić information content (AvgIpc) is 2.79. The van der Waals surface area contributed by atoms with Gasteiger partial charge in [0.1, 0.15) is 11.5 Å². The van der Waals surface area contributed by atoms with E-state index in [1.54, 1.807) is 0 Å². The summed E-state index contributed by atoms with van der Waals surface area (Å²) < 4.78 is 38.7. The second kappa shape index (κ2) is 4.54. The number of thiazole rings is 1. The molecule has 0 fully saturated rings. The van der Waals surface area contributed by atoms with E-state index in [4.69, 9.17) is 0 Å². The Morgan fingerprint density at radius 1 is 1.18 bits per heavy atom. The minimum atomic E-state index is -1.31. The quantitative estimate of drug-likeness (QED) is 0.841. The van der Waals surface area contributed by atoms with Crippen molar-refractivity contribution in [3.63, 3.8) is 0 Å². The molecule has 0 atom stereocenters. The van der Waals surface area contributed by atoms with Gasteiger partial charge < -0.3 is 5.32 Å². The van der Waals surface area contributed by atoms with Crippen LogP contribution in [-0.2, 0) is 0 Å². The number of benzene rings is 1. The van der Waals surface area contributed by atoms with Gasteiger partial charge in [-0.15, -0.1) is 11.3 Å². The molecule has 0 aliphatic heterocycles. The number of nitrogens with one attached hydrogen (secondary N) is 1. The van der Waals surface area contributed by atoms with Crippen LogP contribution in [0.25, 0.3) is 0 Å². The second-order valence-electron chi connectivity index (χ2n) is 3.07. The Morgan fingerprint density at radius 2 is 1.88 bits per heavy atom. The molecule has 1 aromatic heterocycles. The summed E-state index contributed by atoms with van der Waals surface area (Å²) in [6.45, 7) is 0. The van der Waals surface area contributed by atoms with E-state index in [-0.39, 0.29) is 5.69 Å². The lowest BCUT2D eigenvalue weighted by atomic mass is 10.2. The van der Waals surface area contributed by atoms with Gasteiger partial charge in [0.15, 0.2) is 11.6 Å². The summed E-state index contributed by atoms with van der Waals surface area (Å²) in [7, 11) is 0. The second-order valence-corrected chi connectivity index (χ2v) is 3.79. The number of nitrogens with zero attached hydrogens (tertiary/aromatic N) is 1. The van der Waals surface area contributed by atoms with Crippen LogP contribution in [0.5, 0.6) is 0 Å². The number of aromatic nitrogens is 1. The van der Waals surface area contributed by atoms with Crippen LogP contribution in [0.1, 0.15) is 10.5 Å². The van der Waals surface area contributed by atoms with Crippen LogP contribution >= 0.6 is 11.3 Å². The molecule has 3 nitrogen and oxygen atoms in total. The number of hydrogen-bond acceptors (Lipinski definition) is 3. The molecule has 0 aliphatic carbocycles. The van der Waals surface area contributed by atoms with Gasteiger partial charge in [0.25, 0.3) is 5.91 Å². The molecule has 2 aromatic rings. The first-order valence-corrected chi connectivity index (χ1v) is 5.36. The Kier molecular flexibility index (Phi) is 3.10. The number of hydrogen-bond donors (Lipinski definition) is 1. The molecule has 1 heterocycles. The van der Waals surface area contributed by atoms with E-state index in [9.17, 15) is 18.0 Å². The topological polar surface area (TPSA) is 42.0 Å². The molecule has 88 valence electrons.